The Morgan fingerprint density at radius 3 is 2.55 bits per heavy atom. The van der Waals surface area contributed by atoms with Crippen molar-refractivity contribution in [1.82, 2.24) is 24.5 Å². The standard InChI is InChI=1S/C25H22N6O2/c1-3-31-20-8-5-4-7-17(20)19-13-16(9-10-21(19)31)29-22(32)14-18-15(2)28-24(30-25(18)33)23-26-11-6-12-27-23/h4-13H,3,14H2,1-2H3,(H,29,32)(H,28,30,33). The minimum absolute atomic E-state index is 0.0845. The number of benzene rings is 2. The first-order valence-corrected chi connectivity index (χ1v) is 10.7. The summed E-state index contributed by atoms with van der Waals surface area (Å²) in [4.78, 5) is 40.7. The van der Waals surface area contributed by atoms with Gasteiger partial charge in [-0.2, -0.15) is 0 Å². The zero-order valence-corrected chi connectivity index (χ0v) is 18.3. The summed E-state index contributed by atoms with van der Waals surface area (Å²) < 4.78 is 2.25. The van der Waals surface area contributed by atoms with E-state index in [1.54, 1.807) is 25.4 Å². The normalized spacial score (nSPS) is 11.2. The van der Waals surface area contributed by atoms with Crippen LogP contribution in [0.2, 0.25) is 0 Å². The molecule has 0 unspecified atom stereocenters. The number of carbonyl (C=O) groups is 1. The van der Waals surface area contributed by atoms with Gasteiger partial charge in [0, 0.05) is 57.7 Å². The third-order valence-electron chi connectivity index (χ3n) is 5.71. The van der Waals surface area contributed by atoms with Gasteiger partial charge in [-0.05, 0) is 44.2 Å². The molecule has 3 aromatic heterocycles. The Labute approximate surface area is 189 Å². The first-order valence-electron chi connectivity index (χ1n) is 10.7. The number of aromatic nitrogens is 5. The Morgan fingerprint density at radius 1 is 1.03 bits per heavy atom. The van der Waals surface area contributed by atoms with Crippen LogP contribution in [0.1, 0.15) is 18.2 Å². The van der Waals surface area contributed by atoms with E-state index in [0.29, 0.717) is 22.8 Å². The highest BCUT2D eigenvalue weighted by molar-refractivity contribution is 6.09. The van der Waals surface area contributed by atoms with Crippen molar-refractivity contribution in [1.29, 1.82) is 0 Å². The van der Waals surface area contributed by atoms with Crippen molar-refractivity contribution in [3.05, 3.63) is 82.5 Å². The molecule has 0 aliphatic carbocycles. The molecule has 1 amide bonds. The molecule has 3 heterocycles. The molecule has 0 aliphatic rings. The second kappa shape index (κ2) is 8.31. The molecular weight excluding hydrogens is 416 g/mol. The highest BCUT2D eigenvalue weighted by atomic mass is 16.2. The van der Waals surface area contributed by atoms with Crippen molar-refractivity contribution in [3.8, 4) is 11.6 Å². The zero-order valence-electron chi connectivity index (χ0n) is 18.3. The molecule has 164 valence electrons. The molecule has 0 atom stereocenters. The summed E-state index contributed by atoms with van der Waals surface area (Å²) in [5, 5.41) is 5.14. The summed E-state index contributed by atoms with van der Waals surface area (Å²) in [6, 6.07) is 15.8. The third kappa shape index (κ3) is 3.76. The van der Waals surface area contributed by atoms with Crippen LogP contribution < -0.4 is 10.9 Å². The van der Waals surface area contributed by atoms with Gasteiger partial charge in [-0.1, -0.05) is 18.2 Å². The molecule has 33 heavy (non-hydrogen) atoms. The van der Waals surface area contributed by atoms with Crippen molar-refractivity contribution in [3.63, 3.8) is 0 Å². The monoisotopic (exact) mass is 438 g/mol. The molecule has 0 aliphatic heterocycles. The minimum atomic E-state index is -0.374. The molecule has 0 saturated carbocycles. The summed E-state index contributed by atoms with van der Waals surface area (Å²) in [6.07, 6.45) is 3.07. The van der Waals surface area contributed by atoms with Crippen LogP contribution in [0, 0.1) is 6.92 Å². The molecule has 0 spiro atoms. The van der Waals surface area contributed by atoms with Crippen LogP contribution >= 0.6 is 0 Å². The average Bonchev–Trinajstić information content (AvgIpc) is 3.15. The van der Waals surface area contributed by atoms with Gasteiger partial charge in [0.2, 0.25) is 5.91 Å². The fraction of sp³-hybridized carbons (Fsp3) is 0.160. The molecule has 0 radical (unpaired) electrons. The number of rotatable bonds is 5. The van der Waals surface area contributed by atoms with Gasteiger partial charge in [0.25, 0.3) is 5.56 Å². The number of anilines is 1. The first-order chi connectivity index (χ1) is 16.0. The van der Waals surface area contributed by atoms with Crippen molar-refractivity contribution in [2.24, 2.45) is 0 Å². The van der Waals surface area contributed by atoms with E-state index in [-0.39, 0.29) is 23.7 Å². The van der Waals surface area contributed by atoms with Crippen molar-refractivity contribution >= 4 is 33.4 Å². The van der Waals surface area contributed by atoms with Crippen molar-refractivity contribution < 1.29 is 4.79 Å². The van der Waals surface area contributed by atoms with E-state index in [1.807, 2.05) is 30.3 Å². The van der Waals surface area contributed by atoms with Crippen molar-refractivity contribution in [2.75, 3.05) is 5.32 Å². The molecule has 8 heteroatoms. The number of nitrogens with zero attached hydrogens (tertiary/aromatic N) is 4. The lowest BCUT2D eigenvalue weighted by molar-refractivity contribution is -0.115. The number of aromatic amines is 1. The Kier molecular flexibility index (Phi) is 5.18. The number of hydrogen-bond donors (Lipinski definition) is 2. The smallest absolute Gasteiger partial charge is 0.255 e. The summed E-state index contributed by atoms with van der Waals surface area (Å²) >= 11 is 0. The predicted molar refractivity (Wildman–Crippen MR) is 128 cm³/mol. The summed E-state index contributed by atoms with van der Waals surface area (Å²) in [7, 11) is 0. The van der Waals surface area contributed by atoms with E-state index in [1.165, 1.54) is 0 Å². The molecule has 0 fully saturated rings. The number of hydrogen-bond acceptors (Lipinski definition) is 5. The summed E-state index contributed by atoms with van der Waals surface area (Å²) in [5.41, 5.74) is 3.37. The van der Waals surface area contributed by atoms with E-state index in [0.717, 1.165) is 28.4 Å². The lowest BCUT2D eigenvalue weighted by Gasteiger charge is -2.09. The second-order valence-electron chi connectivity index (χ2n) is 7.77. The number of amides is 1. The van der Waals surface area contributed by atoms with Crippen LogP contribution in [0.25, 0.3) is 33.5 Å². The van der Waals surface area contributed by atoms with Crippen LogP contribution in [0.5, 0.6) is 0 Å². The van der Waals surface area contributed by atoms with E-state index in [2.05, 4.69) is 48.9 Å². The van der Waals surface area contributed by atoms with Gasteiger partial charge in [-0.15, -0.1) is 0 Å². The number of aryl methyl sites for hydroxylation is 2. The molecule has 0 saturated heterocycles. The average molecular weight is 438 g/mol. The van der Waals surface area contributed by atoms with Gasteiger partial charge in [0.05, 0.1) is 6.42 Å². The lowest BCUT2D eigenvalue weighted by atomic mass is 10.1. The van der Waals surface area contributed by atoms with E-state index in [9.17, 15) is 9.59 Å². The highest BCUT2D eigenvalue weighted by Gasteiger charge is 2.16. The van der Waals surface area contributed by atoms with Crippen LogP contribution in [-0.2, 0) is 17.8 Å². The Bertz CT molecular complexity index is 1550. The van der Waals surface area contributed by atoms with E-state index in [4.69, 9.17) is 0 Å². The van der Waals surface area contributed by atoms with Gasteiger partial charge in [0.15, 0.2) is 11.6 Å². The molecule has 0 bridgehead atoms. The van der Waals surface area contributed by atoms with Crippen molar-refractivity contribution in [2.45, 2.75) is 26.8 Å². The maximum atomic E-state index is 12.8. The van der Waals surface area contributed by atoms with Crippen LogP contribution in [0.3, 0.4) is 0 Å². The van der Waals surface area contributed by atoms with Crippen LogP contribution in [0.4, 0.5) is 5.69 Å². The number of H-pyrrole nitrogens is 1. The zero-order chi connectivity index (χ0) is 22.9. The molecule has 8 nitrogen and oxygen atoms in total. The fourth-order valence-corrected chi connectivity index (χ4v) is 4.18. The molecule has 5 rings (SSSR count). The first kappa shape index (κ1) is 20.6. The van der Waals surface area contributed by atoms with Gasteiger partial charge < -0.3 is 14.9 Å². The SMILES string of the molecule is CCn1c2ccccc2c2cc(NC(=O)Cc3c(C)nc(-c4ncccn4)[nH]c3=O)ccc21. The quantitative estimate of drug-likeness (QED) is 0.434. The number of para-hydroxylation sites is 1. The maximum absolute atomic E-state index is 12.8. The van der Waals surface area contributed by atoms with Gasteiger partial charge >= 0.3 is 0 Å². The van der Waals surface area contributed by atoms with Crippen LogP contribution in [-0.4, -0.2) is 30.4 Å². The highest BCUT2D eigenvalue weighted by Crippen LogP contribution is 2.31. The number of nitrogens with one attached hydrogen (secondary N) is 2. The predicted octanol–water partition coefficient (Wildman–Crippen LogP) is 3.84. The second-order valence-corrected chi connectivity index (χ2v) is 7.77. The number of carbonyl (C=O) groups excluding carboxylic acids is 1. The molecule has 2 aromatic carbocycles. The maximum Gasteiger partial charge on any atom is 0.255 e. The number of fused-ring (bicyclic) bond motifs is 3. The topological polar surface area (TPSA) is 106 Å². The Balaban J connectivity index is 1.41. The summed E-state index contributed by atoms with van der Waals surface area (Å²) in [6.45, 7) is 4.68. The summed E-state index contributed by atoms with van der Waals surface area (Å²) in [5.74, 6) is 0.320. The molecule has 5 aromatic rings. The Hall–Kier alpha value is -4.33. The van der Waals surface area contributed by atoms with E-state index >= 15 is 0 Å². The van der Waals surface area contributed by atoms with Gasteiger partial charge in [0.1, 0.15) is 0 Å². The lowest BCUT2D eigenvalue weighted by Crippen LogP contribution is -2.24. The largest absolute Gasteiger partial charge is 0.341 e. The Morgan fingerprint density at radius 2 is 1.79 bits per heavy atom. The molecular formula is C25H22N6O2. The minimum Gasteiger partial charge on any atom is -0.341 e. The van der Waals surface area contributed by atoms with Crippen LogP contribution in [0.15, 0.2) is 65.7 Å². The molecule has 2 N–H and O–H groups in total. The van der Waals surface area contributed by atoms with E-state index < -0.39 is 0 Å². The van der Waals surface area contributed by atoms with Gasteiger partial charge in [-0.3, -0.25) is 9.59 Å². The third-order valence-corrected chi connectivity index (χ3v) is 5.71. The van der Waals surface area contributed by atoms with Gasteiger partial charge in [-0.25, -0.2) is 15.0 Å². The fourth-order valence-electron chi connectivity index (χ4n) is 4.18.